The lowest BCUT2D eigenvalue weighted by Crippen LogP contribution is -2.19. The fourth-order valence-corrected chi connectivity index (χ4v) is 2.46. The summed E-state index contributed by atoms with van der Waals surface area (Å²) in [4.78, 5) is 26.9. The molecule has 0 radical (unpaired) electrons. The Hall–Kier alpha value is -3.08. The van der Waals surface area contributed by atoms with Gasteiger partial charge in [0.1, 0.15) is 5.82 Å². The third kappa shape index (κ3) is 2.69. The largest absolute Gasteiger partial charge is 0.365 e. The van der Waals surface area contributed by atoms with E-state index in [-0.39, 0.29) is 12.3 Å². The van der Waals surface area contributed by atoms with E-state index in [9.17, 15) is 9.59 Å². The summed E-state index contributed by atoms with van der Waals surface area (Å²) < 4.78 is 0. The number of carbonyl (C=O) groups excluding carboxylic acids is 2. The molecule has 0 aliphatic rings. The van der Waals surface area contributed by atoms with Crippen LogP contribution in [0.1, 0.15) is 15.9 Å². The van der Waals surface area contributed by atoms with Gasteiger partial charge in [-0.1, -0.05) is 48.5 Å². The maximum Gasteiger partial charge on any atom is 0.253 e. The first-order chi connectivity index (χ1) is 10.6. The highest BCUT2D eigenvalue weighted by Gasteiger charge is 2.17. The minimum atomic E-state index is -0.576. The molecule has 0 saturated carbocycles. The van der Waals surface area contributed by atoms with Gasteiger partial charge < -0.3 is 16.0 Å². The van der Waals surface area contributed by atoms with E-state index in [1.807, 2.05) is 48.5 Å². The monoisotopic (exact) mass is 293 g/mol. The Kier molecular flexibility index (Phi) is 3.62. The predicted molar refractivity (Wildman–Crippen MR) is 85.6 cm³/mol. The number of anilines is 1. The van der Waals surface area contributed by atoms with Crippen molar-refractivity contribution >= 4 is 28.5 Å². The summed E-state index contributed by atoms with van der Waals surface area (Å²) in [5, 5.41) is 3.43. The Morgan fingerprint density at radius 2 is 1.68 bits per heavy atom. The molecule has 110 valence electrons. The average molecular weight is 293 g/mol. The first kappa shape index (κ1) is 13.9. The van der Waals surface area contributed by atoms with Gasteiger partial charge >= 0.3 is 0 Å². The summed E-state index contributed by atoms with van der Waals surface area (Å²) in [5.41, 5.74) is 7.40. The van der Waals surface area contributed by atoms with Crippen molar-refractivity contribution in [1.82, 2.24) is 4.98 Å². The Bertz CT molecular complexity index is 837. The van der Waals surface area contributed by atoms with E-state index >= 15 is 0 Å². The second-order valence-corrected chi connectivity index (χ2v) is 5.00. The smallest absolute Gasteiger partial charge is 0.253 e. The molecule has 2 amide bonds. The van der Waals surface area contributed by atoms with Gasteiger partial charge in [0.05, 0.1) is 12.0 Å². The minimum absolute atomic E-state index is 0.208. The summed E-state index contributed by atoms with van der Waals surface area (Å²) in [5.74, 6) is -0.442. The van der Waals surface area contributed by atoms with E-state index in [1.54, 1.807) is 6.07 Å². The number of aromatic nitrogens is 1. The first-order valence-electron chi connectivity index (χ1n) is 6.89. The molecule has 0 aliphatic carbocycles. The summed E-state index contributed by atoms with van der Waals surface area (Å²) in [6, 6.07) is 16.7. The molecule has 0 spiro atoms. The fraction of sp³-hybridized carbons (Fsp3) is 0.0588. The summed E-state index contributed by atoms with van der Waals surface area (Å²) >= 11 is 0. The van der Waals surface area contributed by atoms with Crippen LogP contribution < -0.4 is 11.1 Å². The average Bonchev–Trinajstić information content (AvgIpc) is 2.85. The van der Waals surface area contributed by atoms with Crippen molar-refractivity contribution in [2.24, 2.45) is 5.73 Å². The van der Waals surface area contributed by atoms with Crippen LogP contribution in [0.2, 0.25) is 0 Å². The number of carbonyl (C=O) groups is 2. The highest BCUT2D eigenvalue weighted by molar-refractivity contribution is 6.13. The zero-order valence-corrected chi connectivity index (χ0v) is 11.8. The van der Waals surface area contributed by atoms with Gasteiger partial charge in [-0.05, 0) is 11.6 Å². The van der Waals surface area contributed by atoms with Crippen molar-refractivity contribution in [2.45, 2.75) is 6.42 Å². The number of aromatic amines is 1. The van der Waals surface area contributed by atoms with E-state index in [0.717, 1.165) is 11.1 Å². The van der Waals surface area contributed by atoms with Crippen LogP contribution in [0.5, 0.6) is 0 Å². The Morgan fingerprint density at radius 1 is 1.00 bits per heavy atom. The van der Waals surface area contributed by atoms with Crippen LogP contribution in [-0.4, -0.2) is 16.8 Å². The number of primary amides is 1. The molecular weight excluding hydrogens is 278 g/mol. The zero-order chi connectivity index (χ0) is 15.5. The van der Waals surface area contributed by atoms with Crippen LogP contribution in [0.4, 0.5) is 5.82 Å². The van der Waals surface area contributed by atoms with Crippen molar-refractivity contribution < 1.29 is 9.59 Å². The molecule has 0 atom stereocenters. The molecule has 4 N–H and O–H groups in total. The van der Waals surface area contributed by atoms with Crippen molar-refractivity contribution in [3.8, 4) is 0 Å². The lowest BCUT2D eigenvalue weighted by atomic mass is 10.1. The number of hydrogen-bond donors (Lipinski definition) is 3. The molecule has 0 saturated heterocycles. The molecular formula is C17H15N3O2. The molecule has 22 heavy (non-hydrogen) atoms. The van der Waals surface area contributed by atoms with Crippen molar-refractivity contribution in [1.29, 1.82) is 0 Å². The van der Waals surface area contributed by atoms with Crippen LogP contribution in [0.3, 0.4) is 0 Å². The summed E-state index contributed by atoms with van der Waals surface area (Å²) in [7, 11) is 0. The quantitative estimate of drug-likeness (QED) is 0.690. The highest BCUT2D eigenvalue weighted by Crippen LogP contribution is 2.25. The van der Waals surface area contributed by atoms with Gasteiger partial charge in [-0.15, -0.1) is 0 Å². The number of nitrogens with one attached hydrogen (secondary N) is 2. The second-order valence-electron chi connectivity index (χ2n) is 5.00. The molecule has 5 nitrogen and oxygen atoms in total. The van der Waals surface area contributed by atoms with Crippen molar-refractivity contribution in [3.05, 3.63) is 65.7 Å². The lowest BCUT2D eigenvalue weighted by molar-refractivity contribution is -0.115. The second kappa shape index (κ2) is 5.73. The number of benzene rings is 2. The molecule has 0 aliphatic heterocycles. The number of fused-ring (bicyclic) bond motifs is 1. The van der Waals surface area contributed by atoms with Gasteiger partial charge in [0.25, 0.3) is 5.91 Å². The molecule has 1 aromatic heterocycles. The number of nitrogens with two attached hydrogens (primary N) is 1. The minimum Gasteiger partial charge on any atom is -0.365 e. The molecule has 3 aromatic rings. The lowest BCUT2D eigenvalue weighted by Gasteiger charge is -2.05. The predicted octanol–water partition coefficient (Wildman–Crippen LogP) is 2.45. The molecule has 0 fully saturated rings. The van der Waals surface area contributed by atoms with Gasteiger partial charge in [-0.3, -0.25) is 9.59 Å². The van der Waals surface area contributed by atoms with E-state index in [1.165, 1.54) is 0 Å². The van der Waals surface area contributed by atoms with Gasteiger partial charge in [-0.2, -0.15) is 0 Å². The molecule has 1 heterocycles. The number of H-pyrrole nitrogens is 1. The van der Waals surface area contributed by atoms with Gasteiger partial charge in [0.15, 0.2) is 0 Å². The fourth-order valence-electron chi connectivity index (χ4n) is 2.46. The number of para-hydroxylation sites is 1. The number of hydrogen-bond acceptors (Lipinski definition) is 2. The van der Waals surface area contributed by atoms with E-state index in [2.05, 4.69) is 10.3 Å². The van der Waals surface area contributed by atoms with E-state index < -0.39 is 5.91 Å². The third-order valence-corrected chi connectivity index (χ3v) is 3.42. The maximum atomic E-state index is 12.2. The number of rotatable bonds is 4. The van der Waals surface area contributed by atoms with Crippen LogP contribution in [0.15, 0.2) is 54.6 Å². The van der Waals surface area contributed by atoms with Gasteiger partial charge in [0, 0.05) is 10.9 Å². The third-order valence-electron chi connectivity index (χ3n) is 3.42. The maximum absolute atomic E-state index is 12.2. The molecule has 2 aromatic carbocycles. The zero-order valence-electron chi connectivity index (χ0n) is 11.8. The van der Waals surface area contributed by atoms with Crippen LogP contribution in [-0.2, 0) is 11.2 Å². The first-order valence-corrected chi connectivity index (χ1v) is 6.89. The number of amides is 2. The Morgan fingerprint density at radius 3 is 2.41 bits per heavy atom. The molecule has 5 heteroatoms. The summed E-state index contributed by atoms with van der Waals surface area (Å²) in [6.45, 7) is 0. The topological polar surface area (TPSA) is 88.0 Å². The highest BCUT2D eigenvalue weighted by atomic mass is 16.2. The summed E-state index contributed by atoms with van der Waals surface area (Å²) in [6.07, 6.45) is 0.231. The standard InChI is InChI=1S/C17H15N3O2/c18-16(22)15-12-8-4-5-9-13(12)19-17(15)20-14(21)10-11-6-2-1-3-7-11/h1-9,19H,10H2,(H2,18,22)(H,20,21). The Balaban J connectivity index is 1.89. The van der Waals surface area contributed by atoms with Crippen LogP contribution in [0, 0.1) is 0 Å². The molecule has 0 unspecified atom stereocenters. The van der Waals surface area contributed by atoms with E-state index in [0.29, 0.717) is 16.8 Å². The van der Waals surface area contributed by atoms with Crippen molar-refractivity contribution in [3.63, 3.8) is 0 Å². The Labute approximate surface area is 127 Å². The van der Waals surface area contributed by atoms with Crippen molar-refractivity contribution in [2.75, 3.05) is 5.32 Å². The molecule has 3 rings (SSSR count). The van der Waals surface area contributed by atoms with Crippen LogP contribution >= 0.6 is 0 Å². The molecule has 0 bridgehead atoms. The SMILES string of the molecule is NC(=O)c1c(NC(=O)Cc2ccccc2)[nH]c2ccccc12. The van der Waals surface area contributed by atoms with E-state index in [4.69, 9.17) is 5.73 Å². The van der Waals surface area contributed by atoms with Gasteiger partial charge in [-0.25, -0.2) is 0 Å². The normalized spacial score (nSPS) is 10.5. The van der Waals surface area contributed by atoms with Gasteiger partial charge in [0.2, 0.25) is 5.91 Å². The van der Waals surface area contributed by atoms with Crippen LogP contribution in [0.25, 0.3) is 10.9 Å².